The Morgan fingerprint density at radius 2 is 0.800 bits per heavy atom. The number of fused-ring (bicyclic) bond motifs is 1. The van der Waals surface area contributed by atoms with E-state index in [1.807, 2.05) is 0 Å². The van der Waals surface area contributed by atoms with Gasteiger partial charge in [-0.05, 0) is 10.8 Å². The number of benzene rings is 2. The Morgan fingerprint density at radius 1 is 0.550 bits per heavy atom. The fourth-order valence-corrected chi connectivity index (χ4v) is 1.41. The summed E-state index contributed by atoms with van der Waals surface area (Å²) in [6.07, 6.45) is 0. The minimum Gasteiger partial charge on any atom is -0.192 e. The van der Waals surface area contributed by atoms with E-state index in [1.165, 1.54) is 35.0 Å². The summed E-state index contributed by atoms with van der Waals surface area (Å²) in [4.78, 5) is 0. The van der Waals surface area contributed by atoms with Gasteiger partial charge in [0.2, 0.25) is 0 Å². The van der Waals surface area contributed by atoms with Crippen molar-refractivity contribution in [1.29, 1.82) is 21.0 Å². The van der Waals surface area contributed by atoms with Gasteiger partial charge in [-0.3, -0.25) is 0 Å². The van der Waals surface area contributed by atoms with Crippen molar-refractivity contribution in [3.05, 3.63) is 59.7 Å². The Kier molecular flexibility index (Phi) is 5.55. The van der Waals surface area contributed by atoms with Crippen LogP contribution < -0.4 is 0 Å². The Balaban J connectivity index is 0.000000200. The maximum atomic E-state index is 8.13. The molecule has 20 heavy (non-hydrogen) atoms. The normalized spacial score (nSPS) is 7.80. The standard InChI is InChI=1S/C10H8.C6N4/c1-2-6-10-8-4-3-7-9(10)5-1;7-1-5(2-8)6(3-9)4-10/h1-8H;. The van der Waals surface area contributed by atoms with E-state index in [4.69, 9.17) is 21.0 Å². The van der Waals surface area contributed by atoms with Crippen LogP contribution in [-0.4, -0.2) is 0 Å². The van der Waals surface area contributed by atoms with Gasteiger partial charge in [0.1, 0.15) is 24.3 Å². The summed E-state index contributed by atoms with van der Waals surface area (Å²) in [5, 5.41) is 35.1. The zero-order valence-electron chi connectivity index (χ0n) is 10.4. The molecule has 4 heteroatoms. The lowest BCUT2D eigenvalue weighted by Crippen LogP contribution is -1.79. The Morgan fingerprint density at radius 3 is 1.00 bits per heavy atom. The molecule has 2 aromatic rings. The van der Waals surface area contributed by atoms with Crippen molar-refractivity contribution < 1.29 is 0 Å². The van der Waals surface area contributed by atoms with Crippen LogP contribution in [0.15, 0.2) is 59.7 Å². The molecule has 0 N–H and O–H groups in total. The molecule has 0 spiro atoms. The van der Waals surface area contributed by atoms with Gasteiger partial charge in [-0.25, -0.2) is 0 Å². The molecule has 0 saturated heterocycles. The first-order valence-corrected chi connectivity index (χ1v) is 5.55. The van der Waals surface area contributed by atoms with Gasteiger partial charge in [0.15, 0.2) is 11.1 Å². The lowest BCUT2D eigenvalue weighted by Gasteiger charge is -1.92. The molecule has 0 bridgehead atoms. The van der Waals surface area contributed by atoms with Crippen molar-refractivity contribution in [2.75, 3.05) is 0 Å². The third kappa shape index (κ3) is 3.71. The highest BCUT2D eigenvalue weighted by Crippen LogP contribution is 2.11. The van der Waals surface area contributed by atoms with Crippen LogP contribution in [-0.2, 0) is 0 Å². The molecule has 2 rings (SSSR count). The average molecular weight is 256 g/mol. The molecule has 0 radical (unpaired) electrons. The summed E-state index contributed by atoms with van der Waals surface area (Å²) in [7, 11) is 0. The molecule has 4 nitrogen and oxygen atoms in total. The van der Waals surface area contributed by atoms with E-state index in [-0.39, 0.29) is 0 Å². The van der Waals surface area contributed by atoms with E-state index < -0.39 is 11.1 Å². The van der Waals surface area contributed by atoms with E-state index in [9.17, 15) is 0 Å². The minimum absolute atomic E-state index is 0.440. The maximum Gasteiger partial charge on any atom is 0.158 e. The predicted octanol–water partition coefficient (Wildman–Crippen LogP) is 3.22. The smallest absolute Gasteiger partial charge is 0.158 e. The van der Waals surface area contributed by atoms with Gasteiger partial charge in [-0.15, -0.1) is 0 Å². The second-order valence-electron chi connectivity index (χ2n) is 3.54. The second kappa shape index (κ2) is 7.67. The first kappa shape index (κ1) is 14.5. The molecule has 0 heterocycles. The van der Waals surface area contributed by atoms with Crippen LogP contribution in [0.4, 0.5) is 0 Å². The second-order valence-corrected chi connectivity index (χ2v) is 3.54. The van der Waals surface area contributed by atoms with E-state index in [1.54, 1.807) is 0 Å². The number of rotatable bonds is 0. The zero-order valence-corrected chi connectivity index (χ0v) is 10.4. The topological polar surface area (TPSA) is 95.2 Å². The summed E-state index contributed by atoms with van der Waals surface area (Å²) < 4.78 is 0. The maximum absolute atomic E-state index is 8.13. The molecule has 0 atom stereocenters. The van der Waals surface area contributed by atoms with Crippen molar-refractivity contribution >= 4 is 10.8 Å². The number of hydrogen-bond donors (Lipinski definition) is 0. The largest absolute Gasteiger partial charge is 0.192 e. The summed E-state index contributed by atoms with van der Waals surface area (Å²) >= 11 is 0. The molecule has 2 aromatic carbocycles. The van der Waals surface area contributed by atoms with Crippen LogP contribution in [0.3, 0.4) is 0 Å². The highest BCUT2D eigenvalue weighted by atomic mass is 14.3. The molecule has 0 aliphatic heterocycles. The molecule has 0 amide bonds. The van der Waals surface area contributed by atoms with Gasteiger partial charge in [-0.1, -0.05) is 48.5 Å². The zero-order chi connectivity index (χ0) is 14.8. The van der Waals surface area contributed by atoms with Crippen molar-refractivity contribution in [2.45, 2.75) is 0 Å². The predicted molar refractivity (Wildman–Crippen MR) is 73.4 cm³/mol. The Hall–Kier alpha value is -3.60. The van der Waals surface area contributed by atoms with Gasteiger partial charge >= 0.3 is 0 Å². The number of nitrogens with zero attached hydrogens (tertiary/aromatic N) is 4. The van der Waals surface area contributed by atoms with Gasteiger partial charge in [0.05, 0.1) is 0 Å². The van der Waals surface area contributed by atoms with E-state index in [0.717, 1.165) is 0 Å². The molecule has 0 unspecified atom stereocenters. The molecule has 0 aliphatic rings. The third-order valence-electron chi connectivity index (χ3n) is 2.36. The van der Waals surface area contributed by atoms with E-state index in [2.05, 4.69) is 48.5 Å². The molecule has 0 fully saturated rings. The molecule has 0 aliphatic carbocycles. The van der Waals surface area contributed by atoms with Crippen molar-refractivity contribution in [1.82, 2.24) is 0 Å². The number of allylic oxidation sites excluding steroid dienone is 2. The summed E-state index contributed by atoms with van der Waals surface area (Å²) in [6.45, 7) is 0. The van der Waals surface area contributed by atoms with Gasteiger partial charge in [-0.2, -0.15) is 21.0 Å². The SMILES string of the molecule is N#CC(C#N)=C(C#N)C#N.c1ccc2ccccc2c1. The third-order valence-corrected chi connectivity index (χ3v) is 2.36. The quantitative estimate of drug-likeness (QED) is 0.676. The monoisotopic (exact) mass is 256 g/mol. The summed E-state index contributed by atoms with van der Waals surface area (Å²) in [5.41, 5.74) is -0.880. The van der Waals surface area contributed by atoms with Crippen LogP contribution in [0, 0.1) is 45.3 Å². The van der Waals surface area contributed by atoms with Gasteiger partial charge < -0.3 is 0 Å². The van der Waals surface area contributed by atoms with Gasteiger partial charge in [0.25, 0.3) is 0 Å². The average Bonchev–Trinajstić information content (AvgIpc) is 2.53. The molecule has 0 saturated carbocycles. The summed E-state index contributed by atoms with van der Waals surface area (Å²) in [6, 6.07) is 22.4. The van der Waals surface area contributed by atoms with E-state index >= 15 is 0 Å². The fourth-order valence-electron chi connectivity index (χ4n) is 1.41. The van der Waals surface area contributed by atoms with Crippen LogP contribution in [0.25, 0.3) is 10.8 Å². The minimum atomic E-state index is -0.440. The van der Waals surface area contributed by atoms with Gasteiger partial charge in [0, 0.05) is 0 Å². The molecule has 92 valence electrons. The molecular formula is C16H8N4. The van der Waals surface area contributed by atoms with Crippen molar-refractivity contribution in [2.24, 2.45) is 0 Å². The highest BCUT2D eigenvalue weighted by molar-refractivity contribution is 5.82. The van der Waals surface area contributed by atoms with Crippen molar-refractivity contribution in [3.63, 3.8) is 0 Å². The highest BCUT2D eigenvalue weighted by Gasteiger charge is 2.01. The Labute approximate surface area is 116 Å². The first-order valence-electron chi connectivity index (χ1n) is 5.55. The number of hydrogen-bond acceptors (Lipinski definition) is 4. The van der Waals surface area contributed by atoms with E-state index in [0.29, 0.717) is 0 Å². The Bertz CT molecular complexity index is 674. The van der Waals surface area contributed by atoms with Crippen molar-refractivity contribution in [3.8, 4) is 24.3 Å². The summed E-state index contributed by atoms with van der Waals surface area (Å²) in [5.74, 6) is 0. The molecule has 0 aromatic heterocycles. The lowest BCUT2D eigenvalue weighted by molar-refractivity contribution is 1.41. The van der Waals surface area contributed by atoms with Crippen LogP contribution in [0.5, 0.6) is 0 Å². The van der Waals surface area contributed by atoms with Crippen LogP contribution in [0.1, 0.15) is 0 Å². The number of nitriles is 4. The molecular weight excluding hydrogens is 248 g/mol. The van der Waals surface area contributed by atoms with Crippen LogP contribution >= 0.6 is 0 Å². The van der Waals surface area contributed by atoms with Crippen LogP contribution in [0.2, 0.25) is 0 Å². The first-order chi connectivity index (χ1) is 9.76. The fraction of sp³-hybridized carbons (Fsp3) is 0. The lowest BCUT2D eigenvalue weighted by atomic mass is 10.1.